The lowest BCUT2D eigenvalue weighted by atomic mass is 10.1. The molecule has 0 atom stereocenters. The van der Waals surface area contributed by atoms with Gasteiger partial charge in [0.25, 0.3) is 5.91 Å². The zero-order valence-electron chi connectivity index (χ0n) is 16.1. The zero-order valence-corrected chi connectivity index (χ0v) is 16.9. The predicted octanol–water partition coefficient (Wildman–Crippen LogP) is 4.40. The Morgan fingerprint density at radius 1 is 1.29 bits per heavy atom. The summed E-state index contributed by atoms with van der Waals surface area (Å²) in [6, 6.07) is 11.2. The van der Waals surface area contributed by atoms with E-state index in [1.165, 1.54) is 0 Å². The highest BCUT2D eigenvalue weighted by molar-refractivity contribution is 7.98. The summed E-state index contributed by atoms with van der Waals surface area (Å²) in [5.74, 6) is 2.44. The molecule has 3 aromatic rings. The summed E-state index contributed by atoms with van der Waals surface area (Å²) >= 11 is 1.57. The second kappa shape index (κ2) is 9.41. The molecule has 146 valence electrons. The van der Waals surface area contributed by atoms with Gasteiger partial charge in [-0.3, -0.25) is 4.79 Å². The number of nitrogens with one attached hydrogen (secondary N) is 1. The molecular weight excluding hydrogens is 372 g/mol. The first-order valence-electron chi connectivity index (χ1n) is 9.15. The molecule has 0 aliphatic carbocycles. The molecular formula is C21H24N4O2S. The number of amides is 1. The van der Waals surface area contributed by atoms with Crippen LogP contribution in [0.25, 0.3) is 0 Å². The van der Waals surface area contributed by atoms with Crippen molar-refractivity contribution >= 4 is 17.7 Å². The Labute approximate surface area is 169 Å². The van der Waals surface area contributed by atoms with Crippen molar-refractivity contribution in [3.8, 4) is 0 Å². The van der Waals surface area contributed by atoms with Gasteiger partial charge < -0.3 is 14.3 Å². The highest BCUT2D eigenvalue weighted by Crippen LogP contribution is 2.26. The third-order valence-electron chi connectivity index (χ3n) is 4.20. The van der Waals surface area contributed by atoms with E-state index in [1.54, 1.807) is 24.1 Å². The number of benzene rings is 1. The van der Waals surface area contributed by atoms with E-state index in [0.717, 1.165) is 22.3 Å². The number of aromatic nitrogens is 3. The van der Waals surface area contributed by atoms with Crippen LogP contribution in [0.5, 0.6) is 0 Å². The number of thioether (sulfide) groups is 1. The van der Waals surface area contributed by atoms with Crippen LogP contribution in [-0.4, -0.2) is 20.7 Å². The fourth-order valence-corrected chi connectivity index (χ4v) is 3.78. The van der Waals surface area contributed by atoms with E-state index in [1.807, 2.05) is 36.4 Å². The molecule has 0 aliphatic heterocycles. The molecule has 0 unspecified atom stereocenters. The van der Waals surface area contributed by atoms with Gasteiger partial charge in [0.2, 0.25) is 0 Å². The van der Waals surface area contributed by atoms with E-state index in [4.69, 9.17) is 4.42 Å². The average Bonchev–Trinajstić information content (AvgIpc) is 3.35. The molecule has 0 bridgehead atoms. The van der Waals surface area contributed by atoms with E-state index in [-0.39, 0.29) is 11.8 Å². The largest absolute Gasteiger partial charge is 0.467 e. The summed E-state index contributed by atoms with van der Waals surface area (Å²) in [5, 5.41) is 12.4. The van der Waals surface area contributed by atoms with Gasteiger partial charge in [-0.15, -0.1) is 16.8 Å². The Bertz CT molecular complexity index is 932. The second-order valence-electron chi connectivity index (χ2n) is 6.60. The second-order valence-corrected chi connectivity index (χ2v) is 7.55. The number of carbonyl (C=O) groups is 1. The third-order valence-corrected chi connectivity index (χ3v) is 5.21. The number of furan rings is 1. The van der Waals surface area contributed by atoms with E-state index in [0.29, 0.717) is 24.4 Å². The van der Waals surface area contributed by atoms with Gasteiger partial charge >= 0.3 is 0 Å². The molecule has 0 fully saturated rings. The van der Waals surface area contributed by atoms with Crippen LogP contribution in [0.4, 0.5) is 0 Å². The van der Waals surface area contributed by atoms with Crippen LogP contribution < -0.4 is 5.32 Å². The smallest absolute Gasteiger partial charge is 0.251 e. The quantitative estimate of drug-likeness (QED) is 0.429. The fourth-order valence-electron chi connectivity index (χ4n) is 2.82. The van der Waals surface area contributed by atoms with Crippen molar-refractivity contribution in [2.75, 3.05) is 0 Å². The SMILES string of the molecule is C=CCn1c(SCc2ccccc2C(=O)NCc2ccco2)nnc1C(C)C. The summed E-state index contributed by atoms with van der Waals surface area (Å²) in [4.78, 5) is 12.6. The van der Waals surface area contributed by atoms with Crippen LogP contribution in [0.1, 0.15) is 47.3 Å². The van der Waals surface area contributed by atoms with E-state index in [2.05, 4.69) is 40.5 Å². The number of carbonyl (C=O) groups excluding carboxylic acids is 1. The van der Waals surface area contributed by atoms with E-state index < -0.39 is 0 Å². The number of hydrogen-bond donors (Lipinski definition) is 1. The standard InChI is InChI=1S/C21H24N4O2S/c1-4-11-25-19(15(2)3)23-24-21(25)28-14-16-8-5-6-10-18(16)20(26)22-13-17-9-7-12-27-17/h4-10,12,15H,1,11,13-14H2,2-3H3,(H,22,26). The normalized spacial score (nSPS) is 11.0. The molecule has 7 heteroatoms. The molecule has 0 radical (unpaired) electrons. The molecule has 3 rings (SSSR count). The number of allylic oxidation sites excluding steroid dienone is 1. The lowest BCUT2D eigenvalue weighted by molar-refractivity contribution is 0.0947. The minimum atomic E-state index is -0.122. The number of rotatable bonds is 9. The third kappa shape index (κ3) is 4.72. The van der Waals surface area contributed by atoms with Gasteiger partial charge in [-0.2, -0.15) is 0 Å². The molecule has 1 N–H and O–H groups in total. The summed E-state index contributed by atoms with van der Waals surface area (Å²) in [7, 11) is 0. The van der Waals surface area contributed by atoms with Crippen molar-refractivity contribution < 1.29 is 9.21 Å². The number of hydrogen-bond acceptors (Lipinski definition) is 5. The maximum Gasteiger partial charge on any atom is 0.251 e. The minimum Gasteiger partial charge on any atom is -0.467 e. The van der Waals surface area contributed by atoms with Gasteiger partial charge in [-0.1, -0.05) is 49.9 Å². The molecule has 2 aromatic heterocycles. The fraction of sp³-hybridized carbons (Fsp3) is 0.286. The van der Waals surface area contributed by atoms with Gasteiger partial charge in [-0.25, -0.2) is 0 Å². The van der Waals surface area contributed by atoms with Gasteiger partial charge in [0.05, 0.1) is 12.8 Å². The summed E-state index contributed by atoms with van der Waals surface area (Å²) in [5.41, 5.74) is 1.60. The van der Waals surface area contributed by atoms with Crippen molar-refractivity contribution in [1.82, 2.24) is 20.1 Å². The monoisotopic (exact) mass is 396 g/mol. The van der Waals surface area contributed by atoms with Crippen LogP contribution in [0.2, 0.25) is 0 Å². The van der Waals surface area contributed by atoms with Gasteiger partial charge in [0.1, 0.15) is 11.6 Å². The molecule has 28 heavy (non-hydrogen) atoms. The Kier molecular flexibility index (Phi) is 6.71. The molecule has 0 aliphatic rings. The Morgan fingerprint density at radius 3 is 2.82 bits per heavy atom. The molecule has 0 saturated heterocycles. The Morgan fingerprint density at radius 2 is 2.11 bits per heavy atom. The van der Waals surface area contributed by atoms with Crippen LogP contribution in [0.15, 0.2) is 64.9 Å². The first-order chi connectivity index (χ1) is 13.6. The van der Waals surface area contributed by atoms with Crippen molar-refractivity contribution in [2.24, 2.45) is 0 Å². The highest BCUT2D eigenvalue weighted by Gasteiger charge is 2.16. The Hall–Kier alpha value is -2.80. The average molecular weight is 397 g/mol. The molecule has 1 aromatic carbocycles. The van der Waals surface area contributed by atoms with Gasteiger partial charge in [-0.05, 0) is 23.8 Å². The van der Waals surface area contributed by atoms with Crippen LogP contribution in [0, 0.1) is 0 Å². The lowest BCUT2D eigenvalue weighted by Crippen LogP contribution is -2.23. The van der Waals surface area contributed by atoms with Crippen LogP contribution in [-0.2, 0) is 18.8 Å². The number of nitrogens with zero attached hydrogens (tertiary/aromatic N) is 3. The molecule has 0 spiro atoms. The van der Waals surface area contributed by atoms with Crippen molar-refractivity contribution in [1.29, 1.82) is 0 Å². The summed E-state index contributed by atoms with van der Waals surface area (Å²) in [6.45, 7) is 9.04. The maximum atomic E-state index is 12.6. The van der Waals surface area contributed by atoms with Gasteiger partial charge in [0, 0.05) is 23.8 Å². The lowest BCUT2D eigenvalue weighted by Gasteiger charge is -2.11. The van der Waals surface area contributed by atoms with Crippen LogP contribution >= 0.6 is 11.8 Å². The Balaban J connectivity index is 1.71. The van der Waals surface area contributed by atoms with Gasteiger partial charge in [0.15, 0.2) is 5.16 Å². The van der Waals surface area contributed by atoms with E-state index in [9.17, 15) is 4.79 Å². The predicted molar refractivity (Wildman–Crippen MR) is 110 cm³/mol. The highest BCUT2D eigenvalue weighted by atomic mass is 32.2. The topological polar surface area (TPSA) is 73.0 Å². The summed E-state index contributed by atoms with van der Waals surface area (Å²) in [6.07, 6.45) is 3.44. The minimum absolute atomic E-state index is 0.122. The molecule has 1 amide bonds. The van der Waals surface area contributed by atoms with Crippen molar-refractivity contribution in [3.05, 3.63) is 78.0 Å². The van der Waals surface area contributed by atoms with Crippen molar-refractivity contribution in [3.63, 3.8) is 0 Å². The van der Waals surface area contributed by atoms with E-state index >= 15 is 0 Å². The molecule has 2 heterocycles. The van der Waals surface area contributed by atoms with Crippen LogP contribution in [0.3, 0.4) is 0 Å². The molecule has 0 saturated carbocycles. The maximum absolute atomic E-state index is 12.6. The molecule has 6 nitrogen and oxygen atoms in total. The zero-order chi connectivity index (χ0) is 19.9. The first-order valence-corrected chi connectivity index (χ1v) is 10.1. The first kappa shape index (κ1) is 19.9. The van der Waals surface area contributed by atoms with Crippen molar-refractivity contribution in [2.45, 2.75) is 43.8 Å². The summed E-state index contributed by atoms with van der Waals surface area (Å²) < 4.78 is 7.34.